The molecule has 3 aromatic rings. The molecule has 0 radical (unpaired) electrons. The van der Waals surface area contributed by atoms with E-state index >= 15 is 0 Å². The lowest BCUT2D eigenvalue weighted by Crippen LogP contribution is -2.53. The molecule has 5 rings (SSSR count). The van der Waals surface area contributed by atoms with Gasteiger partial charge in [-0.2, -0.15) is 0 Å². The first-order valence-corrected chi connectivity index (χ1v) is 10.2. The molecule has 9 nitrogen and oxygen atoms in total. The van der Waals surface area contributed by atoms with E-state index in [-0.39, 0.29) is 18.0 Å². The maximum atomic E-state index is 12.8. The van der Waals surface area contributed by atoms with Crippen molar-refractivity contribution in [1.29, 1.82) is 0 Å². The zero-order valence-electron chi connectivity index (χ0n) is 16.1. The molecule has 30 heavy (non-hydrogen) atoms. The van der Waals surface area contributed by atoms with Crippen molar-refractivity contribution < 1.29 is 9.53 Å². The molecule has 2 fully saturated rings. The summed E-state index contributed by atoms with van der Waals surface area (Å²) in [6.45, 7) is 2.75. The first-order valence-electron chi connectivity index (χ1n) is 9.82. The third kappa shape index (κ3) is 3.68. The SMILES string of the molecule is O=C(N1CC(c2ccc(Oc3ccccc3Cl)nc2)C1)N1CC[C@@H](n2cnnn2)C1. The number of carbonyl (C=O) groups excluding carboxylic acids is 1. The van der Waals surface area contributed by atoms with E-state index < -0.39 is 0 Å². The fourth-order valence-corrected chi connectivity index (χ4v) is 4.02. The van der Waals surface area contributed by atoms with Gasteiger partial charge in [0.2, 0.25) is 5.88 Å². The number of rotatable bonds is 4. The van der Waals surface area contributed by atoms with Gasteiger partial charge in [0.1, 0.15) is 12.1 Å². The van der Waals surface area contributed by atoms with Crippen LogP contribution in [0.4, 0.5) is 4.79 Å². The van der Waals surface area contributed by atoms with Gasteiger partial charge in [-0.1, -0.05) is 29.8 Å². The Bertz CT molecular complexity index is 1020. The Morgan fingerprint density at radius 3 is 2.70 bits per heavy atom. The second kappa shape index (κ2) is 7.91. The highest BCUT2D eigenvalue weighted by Gasteiger charge is 2.37. The predicted octanol–water partition coefficient (Wildman–Crippen LogP) is 2.98. The largest absolute Gasteiger partial charge is 0.437 e. The molecule has 0 N–H and O–H groups in total. The van der Waals surface area contributed by atoms with Gasteiger partial charge in [0.25, 0.3) is 0 Å². The Labute approximate surface area is 178 Å². The van der Waals surface area contributed by atoms with Gasteiger partial charge in [-0.25, -0.2) is 14.5 Å². The number of nitrogens with zero attached hydrogens (tertiary/aromatic N) is 7. The molecule has 154 valence electrons. The Kier molecular flexibility index (Phi) is 4.96. The highest BCUT2D eigenvalue weighted by atomic mass is 35.5. The second-order valence-corrected chi connectivity index (χ2v) is 7.93. The number of urea groups is 1. The number of amides is 2. The number of halogens is 1. The molecule has 0 spiro atoms. The maximum absolute atomic E-state index is 12.8. The van der Waals surface area contributed by atoms with Gasteiger partial charge in [-0.05, 0) is 34.5 Å². The molecule has 1 aromatic carbocycles. The van der Waals surface area contributed by atoms with E-state index in [9.17, 15) is 4.79 Å². The van der Waals surface area contributed by atoms with Gasteiger partial charge in [0, 0.05) is 44.4 Å². The van der Waals surface area contributed by atoms with Crippen molar-refractivity contribution in [3.05, 3.63) is 59.5 Å². The van der Waals surface area contributed by atoms with Gasteiger partial charge < -0.3 is 14.5 Å². The Morgan fingerprint density at radius 1 is 1.10 bits per heavy atom. The normalized spacial score (nSPS) is 19.0. The summed E-state index contributed by atoms with van der Waals surface area (Å²) in [5.41, 5.74) is 1.10. The number of benzene rings is 1. The third-order valence-corrected chi connectivity index (χ3v) is 5.92. The summed E-state index contributed by atoms with van der Waals surface area (Å²) in [6.07, 6.45) is 4.28. The number of para-hydroxylation sites is 1. The van der Waals surface area contributed by atoms with E-state index in [1.165, 1.54) is 0 Å². The zero-order valence-corrected chi connectivity index (χ0v) is 16.9. The molecule has 2 saturated heterocycles. The summed E-state index contributed by atoms with van der Waals surface area (Å²) < 4.78 is 7.46. The standard InChI is InChI=1S/C20H20ClN7O2/c21-17-3-1-2-4-18(17)30-19-6-5-14(9-22-19)15-10-27(11-15)20(29)26-8-7-16(12-26)28-13-23-24-25-28/h1-6,9,13,15-16H,7-8,10-12H2/t16-/m1/s1. The van der Waals surface area contributed by atoms with Crippen LogP contribution >= 0.6 is 11.6 Å². The number of hydrogen-bond donors (Lipinski definition) is 0. The summed E-state index contributed by atoms with van der Waals surface area (Å²) in [5, 5.41) is 11.8. The van der Waals surface area contributed by atoms with E-state index in [4.69, 9.17) is 16.3 Å². The van der Waals surface area contributed by atoms with Crippen LogP contribution in [-0.2, 0) is 0 Å². The van der Waals surface area contributed by atoms with Crippen molar-refractivity contribution in [3.63, 3.8) is 0 Å². The monoisotopic (exact) mass is 425 g/mol. The zero-order chi connectivity index (χ0) is 20.5. The Hall–Kier alpha value is -3.20. The molecule has 0 unspecified atom stereocenters. The lowest BCUT2D eigenvalue weighted by molar-refractivity contribution is 0.120. The lowest BCUT2D eigenvalue weighted by Gasteiger charge is -2.41. The third-order valence-electron chi connectivity index (χ3n) is 5.61. The van der Waals surface area contributed by atoms with E-state index in [2.05, 4.69) is 20.5 Å². The van der Waals surface area contributed by atoms with Crippen LogP contribution in [0.5, 0.6) is 11.6 Å². The van der Waals surface area contributed by atoms with E-state index in [1.54, 1.807) is 23.1 Å². The second-order valence-electron chi connectivity index (χ2n) is 7.53. The minimum atomic E-state index is 0.0773. The number of carbonyl (C=O) groups is 1. The number of pyridine rings is 1. The maximum Gasteiger partial charge on any atom is 0.320 e. The van der Waals surface area contributed by atoms with Crippen molar-refractivity contribution in [2.24, 2.45) is 0 Å². The molecule has 2 aliphatic heterocycles. The fraction of sp³-hybridized carbons (Fsp3) is 0.350. The van der Waals surface area contributed by atoms with Gasteiger partial charge >= 0.3 is 6.03 Å². The predicted molar refractivity (Wildman–Crippen MR) is 109 cm³/mol. The highest BCUT2D eigenvalue weighted by Crippen LogP contribution is 2.32. The van der Waals surface area contributed by atoms with E-state index in [0.717, 1.165) is 18.5 Å². The molecule has 4 heterocycles. The first-order chi connectivity index (χ1) is 14.7. The molecular formula is C20H20ClN7O2. The summed E-state index contributed by atoms with van der Waals surface area (Å²) in [6, 6.07) is 11.3. The van der Waals surface area contributed by atoms with Crippen LogP contribution in [-0.4, -0.2) is 67.2 Å². The fourth-order valence-electron chi connectivity index (χ4n) is 3.85. The lowest BCUT2D eigenvalue weighted by atomic mass is 9.93. The quantitative estimate of drug-likeness (QED) is 0.638. The van der Waals surface area contributed by atoms with Crippen molar-refractivity contribution >= 4 is 17.6 Å². The van der Waals surface area contributed by atoms with Gasteiger partial charge in [0.15, 0.2) is 0 Å². The first kappa shape index (κ1) is 18.8. The van der Waals surface area contributed by atoms with Crippen LogP contribution in [0.2, 0.25) is 5.02 Å². The van der Waals surface area contributed by atoms with Gasteiger partial charge in [0.05, 0.1) is 11.1 Å². The van der Waals surface area contributed by atoms with Gasteiger partial charge in [-0.15, -0.1) is 5.10 Å². The molecule has 0 saturated carbocycles. The number of likely N-dealkylation sites (tertiary alicyclic amines) is 2. The number of tetrazole rings is 1. The van der Waals surface area contributed by atoms with Crippen LogP contribution in [0.15, 0.2) is 48.9 Å². The van der Waals surface area contributed by atoms with Gasteiger partial charge in [-0.3, -0.25) is 0 Å². The molecule has 2 aromatic heterocycles. The average Bonchev–Trinajstić information content (AvgIpc) is 3.41. The summed E-state index contributed by atoms with van der Waals surface area (Å²) in [7, 11) is 0. The molecule has 0 aliphatic carbocycles. The van der Waals surface area contributed by atoms with Crippen molar-refractivity contribution in [1.82, 2.24) is 35.0 Å². The molecular weight excluding hydrogens is 406 g/mol. The van der Waals surface area contributed by atoms with Crippen LogP contribution < -0.4 is 4.74 Å². The molecule has 2 aliphatic rings. The number of aromatic nitrogens is 5. The van der Waals surface area contributed by atoms with Crippen molar-refractivity contribution in [3.8, 4) is 11.6 Å². The summed E-state index contributed by atoms with van der Waals surface area (Å²) in [4.78, 5) is 20.9. The highest BCUT2D eigenvalue weighted by molar-refractivity contribution is 6.32. The van der Waals surface area contributed by atoms with Crippen LogP contribution in [0.25, 0.3) is 0 Å². The van der Waals surface area contributed by atoms with Crippen LogP contribution in [0, 0.1) is 0 Å². The van der Waals surface area contributed by atoms with E-state index in [1.807, 2.05) is 40.3 Å². The van der Waals surface area contributed by atoms with Crippen molar-refractivity contribution in [2.75, 3.05) is 26.2 Å². The van der Waals surface area contributed by atoms with Crippen LogP contribution in [0.1, 0.15) is 23.9 Å². The minimum absolute atomic E-state index is 0.0773. The number of hydrogen-bond acceptors (Lipinski definition) is 6. The minimum Gasteiger partial charge on any atom is -0.437 e. The Balaban J connectivity index is 1.14. The number of ether oxygens (including phenoxy) is 1. The molecule has 10 heteroatoms. The average molecular weight is 426 g/mol. The van der Waals surface area contributed by atoms with Crippen molar-refractivity contribution in [2.45, 2.75) is 18.4 Å². The summed E-state index contributed by atoms with van der Waals surface area (Å²) in [5.74, 6) is 1.35. The van der Waals surface area contributed by atoms with Crippen LogP contribution in [0.3, 0.4) is 0 Å². The molecule has 0 bridgehead atoms. The van der Waals surface area contributed by atoms with E-state index in [0.29, 0.717) is 36.3 Å². The topological polar surface area (TPSA) is 89.3 Å². The molecule has 1 atom stereocenters. The molecule has 2 amide bonds. The summed E-state index contributed by atoms with van der Waals surface area (Å²) >= 11 is 6.12. The Morgan fingerprint density at radius 2 is 1.97 bits per heavy atom. The smallest absolute Gasteiger partial charge is 0.320 e.